The maximum atomic E-state index is 13.0. The molecule has 2 nitrogen and oxygen atoms in total. The quantitative estimate of drug-likeness (QED) is 0.850. The summed E-state index contributed by atoms with van der Waals surface area (Å²) in [7, 11) is 0. The van der Waals surface area contributed by atoms with Crippen LogP contribution in [0, 0.1) is 11.6 Å². The highest BCUT2D eigenvalue weighted by Gasteiger charge is 2.07. The highest BCUT2D eigenvalue weighted by Crippen LogP contribution is 2.21. The van der Waals surface area contributed by atoms with Crippen molar-refractivity contribution in [3.05, 3.63) is 59.1 Å². The summed E-state index contributed by atoms with van der Waals surface area (Å²) in [5, 5.41) is 3.19. The van der Waals surface area contributed by atoms with Gasteiger partial charge < -0.3 is 5.32 Å². The van der Waals surface area contributed by atoms with Crippen molar-refractivity contribution in [2.45, 2.75) is 4.90 Å². The highest BCUT2D eigenvalue weighted by molar-refractivity contribution is 8.00. The molecule has 0 atom stereocenters. The van der Waals surface area contributed by atoms with Gasteiger partial charge in [0.25, 0.3) is 0 Å². The second-order valence-corrected chi connectivity index (χ2v) is 5.41. The van der Waals surface area contributed by atoms with E-state index in [0.717, 1.165) is 23.9 Å². The maximum absolute atomic E-state index is 13.0. The van der Waals surface area contributed by atoms with E-state index in [4.69, 9.17) is 11.6 Å². The van der Waals surface area contributed by atoms with Gasteiger partial charge >= 0.3 is 0 Å². The van der Waals surface area contributed by atoms with Gasteiger partial charge in [-0.1, -0.05) is 17.7 Å². The molecule has 0 aromatic heterocycles. The van der Waals surface area contributed by atoms with Crippen LogP contribution in [0.25, 0.3) is 0 Å². The summed E-state index contributed by atoms with van der Waals surface area (Å²) in [6.45, 7) is 0. The van der Waals surface area contributed by atoms with Crippen LogP contribution in [-0.2, 0) is 4.79 Å². The van der Waals surface area contributed by atoms with Crippen molar-refractivity contribution < 1.29 is 13.6 Å². The second kappa shape index (κ2) is 6.72. The molecule has 0 radical (unpaired) electrons. The largest absolute Gasteiger partial charge is 0.325 e. The first kappa shape index (κ1) is 14.8. The molecule has 0 fully saturated rings. The van der Waals surface area contributed by atoms with Gasteiger partial charge in [0, 0.05) is 15.6 Å². The van der Waals surface area contributed by atoms with Crippen LogP contribution < -0.4 is 5.32 Å². The fourth-order valence-corrected chi connectivity index (χ4v) is 2.39. The topological polar surface area (TPSA) is 29.1 Å². The molecule has 0 aliphatic carbocycles. The van der Waals surface area contributed by atoms with E-state index in [-0.39, 0.29) is 11.7 Å². The van der Waals surface area contributed by atoms with Crippen molar-refractivity contribution in [2.75, 3.05) is 11.1 Å². The molecular weight excluding hydrogens is 304 g/mol. The second-order valence-electron chi connectivity index (χ2n) is 3.92. The molecule has 0 saturated heterocycles. The van der Waals surface area contributed by atoms with Gasteiger partial charge in [-0.2, -0.15) is 0 Å². The van der Waals surface area contributed by atoms with Crippen LogP contribution in [0.3, 0.4) is 0 Å². The minimum atomic E-state index is -0.926. The lowest BCUT2D eigenvalue weighted by atomic mass is 10.3. The molecule has 0 aliphatic heterocycles. The molecule has 0 spiro atoms. The predicted molar refractivity (Wildman–Crippen MR) is 77.2 cm³/mol. The molecule has 2 rings (SSSR count). The summed E-state index contributed by atoms with van der Waals surface area (Å²) in [5.41, 5.74) is 0.591. The summed E-state index contributed by atoms with van der Waals surface area (Å²) >= 11 is 6.92. The first-order chi connectivity index (χ1) is 9.54. The average Bonchev–Trinajstić information content (AvgIpc) is 2.40. The lowest BCUT2D eigenvalue weighted by Gasteiger charge is -2.05. The Kier molecular flexibility index (Phi) is 4.98. The summed E-state index contributed by atoms with van der Waals surface area (Å²) in [6.07, 6.45) is 0. The van der Waals surface area contributed by atoms with Crippen LogP contribution in [0.2, 0.25) is 5.02 Å². The number of anilines is 1. The third kappa shape index (κ3) is 4.21. The lowest BCUT2D eigenvalue weighted by Crippen LogP contribution is -2.13. The molecule has 6 heteroatoms. The van der Waals surface area contributed by atoms with E-state index in [2.05, 4.69) is 5.32 Å². The van der Waals surface area contributed by atoms with Crippen molar-refractivity contribution in [3.8, 4) is 0 Å². The third-order valence-corrected chi connectivity index (χ3v) is 3.60. The normalized spacial score (nSPS) is 10.3. The van der Waals surface area contributed by atoms with Gasteiger partial charge in [0.1, 0.15) is 0 Å². The molecule has 0 bridgehead atoms. The zero-order chi connectivity index (χ0) is 14.5. The van der Waals surface area contributed by atoms with Gasteiger partial charge in [0.05, 0.1) is 5.75 Å². The number of hydrogen-bond donors (Lipinski definition) is 1. The molecule has 0 heterocycles. The van der Waals surface area contributed by atoms with E-state index in [9.17, 15) is 13.6 Å². The van der Waals surface area contributed by atoms with Crippen molar-refractivity contribution in [1.82, 2.24) is 0 Å². The van der Waals surface area contributed by atoms with E-state index in [1.54, 1.807) is 24.3 Å². The van der Waals surface area contributed by atoms with Crippen molar-refractivity contribution in [3.63, 3.8) is 0 Å². The Balaban J connectivity index is 1.90. The summed E-state index contributed by atoms with van der Waals surface area (Å²) in [6, 6.07) is 10.3. The Labute approximate surface area is 124 Å². The van der Waals surface area contributed by atoms with E-state index >= 15 is 0 Å². The molecule has 2 aromatic rings. The molecule has 1 N–H and O–H groups in total. The van der Waals surface area contributed by atoms with Gasteiger partial charge in [0.15, 0.2) is 11.6 Å². The summed E-state index contributed by atoms with van der Waals surface area (Å²) in [4.78, 5) is 12.2. The van der Waals surface area contributed by atoms with Crippen LogP contribution in [-0.4, -0.2) is 11.7 Å². The summed E-state index contributed by atoms with van der Waals surface area (Å²) < 4.78 is 25.7. The van der Waals surface area contributed by atoms with E-state index < -0.39 is 11.6 Å². The first-order valence-electron chi connectivity index (χ1n) is 5.68. The average molecular weight is 314 g/mol. The van der Waals surface area contributed by atoms with Crippen LogP contribution in [0.4, 0.5) is 14.5 Å². The number of hydrogen-bond acceptors (Lipinski definition) is 2. The standard InChI is InChI=1S/C14H10ClF2NOS/c15-9-2-1-3-10(6-9)18-14(19)8-20-11-4-5-12(16)13(17)7-11/h1-7H,8H2,(H,18,19). The van der Waals surface area contributed by atoms with Crippen molar-refractivity contribution >= 4 is 35.0 Å². The maximum Gasteiger partial charge on any atom is 0.234 e. The molecule has 1 amide bonds. The van der Waals surface area contributed by atoms with Gasteiger partial charge in [0.2, 0.25) is 5.91 Å². The Morgan fingerprint density at radius 2 is 1.95 bits per heavy atom. The first-order valence-corrected chi connectivity index (χ1v) is 7.04. The molecule has 0 saturated carbocycles. The molecule has 2 aromatic carbocycles. The van der Waals surface area contributed by atoms with E-state index in [0.29, 0.717) is 15.6 Å². The molecular formula is C14H10ClF2NOS. The van der Waals surface area contributed by atoms with Crippen LogP contribution >= 0.6 is 23.4 Å². The number of carbonyl (C=O) groups is 1. The monoisotopic (exact) mass is 313 g/mol. The molecule has 20 heavy (non-hydrogen) atoms. The SMILES string of the molecule is O=C(CSc1ccc(F)c(F)c1)Nc1cccc(Cl)c1. The number of nitrogens with one attached hydrogen (secondary N) is 1. The van der Waals surface area contributed by atoms with Gasteiger partial charge in [-0.25, -0.2) is 8.78 Å². The van der Waals surface area contributed by atoms with Gasteiger partial charge in [-0.15, -0.1) is 11.8 Å². The Hall–Kier alpha value is -1.59. The molecule has 104 valence electrons. The Bertz CT molecular complexity index is 636. The zero-order valence-electron chi connectivity index (χ0n) is 10.2. The minimum absolute atomic E-state index is 0.0948. The lowest BCUT2D eigenvalue weighted by molar-refractivity contribution is -0.113. The number of benzene rings is 2. The fraction of sp³-hybridized carbons (Fsp3) is 0.0714. The number of carbonyl (C=O) groups excluding carboxylic acids is 1. The van der Waals surface area contributed by atoms with Crippen LogP contribution in [0.15, 0.2) is 47.4 Å². The van der Waals surface area contributed by atoms with E-state index in [1.807, 2.05) is 0 Å². The molecule has 0 aliphatic rings. The highest BCUT2D eigenvalue weighted by atomic mass is 35.5. The van der Waals surface area contributed by atoms with E-state index in [1.165, 1.54) is 6.07 Å². The smallest absolute Gasteiger partial charge is 0.234 e. The molecule has 0 unspecified atom stereocenters. The number of rotatable bonds is 4. The Morgan fingerprint density at radius 3 is 2.65 bits per heavy atom. The number of thioether (sulfide) groups is 1. The van der Waals surface area contributed by atoms with Gasteiger partial charge in [-0.3, -0.25) is 4.79 Å². The van der Waals surface area contributed by atoms with Crippen molar-refractivity contribution in [1.29, 1.82) is 0 Å². The predicted octanol–water partition coefficient (Wildman–Crippen LogP) is 4.35. The van der Waals surface area contributed by atoms with Crippen LogP contribution in [0.1, 0.15) is 0 Å². The summed E-state index contributed by atoms with van der Waals surface area (Å²) in [5.74, 6) is -1.98. The third-order valence-electron chi connectivity index (χ3n) is 2.37. The minimum Gasteiger partial charge on any atom is -0.325 e. The number of amides is 1. The number of halogens is 3. The van der Waals surface area contributed by atoms with Crippen molar-refractivity contribution in [2.24, 2.45) is 0 Å². The van der Waals surface area contributed by atoms with Crippen LogP contribution in [0.5, 0.6) is 0 Å². The Morgan fingerprint density at radius 1 is 1.15 bits per heavy atom. The van der Waals surface area contributed by atoms with Gasteiger partial charge in [-0.05, 0) is 36.4 Å². The zero-order valence-corrected chi connectivity index (χ0v) is 11.8. The fourth-order valence-electron chi connectivity index (χ4n) is 1.48.